The summed E-state index contributed by atoms with van der Waals surface area (Å²) in [5.74, 6) is -5.60. The monoisotopic (exact) mass is 719 g/mol. The molecule has 1 fully saturated rings. The van der Waals surface area contributed by atoms with E-state index < -0.39 is 86.6 Å². The second kappa shape index (κ2) is 16.6. The molecule has 20 heteroatoms. The van der Waals surface area contributed by atoms with Crippen molar-refractivity contribution in [2.24, 2.45) is 0 Å². The minimum absolute atomic E-state index is 0.0461. The first kappa shape index (κ1) is 39.4. The second-order valence-corrected chi connectivity index (χ2v) is 13.3. The largest absolute Gasteiger partial charge is 0.462 e. The van der Waals surface area contributed by atoms with Crippen LogP contribution in [0, 0.1) is 0 Å². The van der Waals surface area contributed by atoms with Gasteiger partial charge in [-0.2, -0.15) is 13.8 Å². The van der Waals surface area contributed by atoms with Crippen LogP contribution < -0.4 is 25.7 Å². The Kier molecular flexibility index (Phi) is 13.4. The van der Waals surface area contributed by atoms with E-state index in [0.29, 0.717) is 10.1 Å². The third kappa shape index (κ3) is 10.7. The van der Waals surface area contributed by atoms with E-state index in [2.05, 4.69) is 20.5 Å². The maximum absolute atomic E-state index is 14.4. The van der Waals surface area contributed by atoms with Gasteiger partial charge in [-0.15, -0.1) is 0 Å². The van der Waals surface area contributed by atoms with E-state index in [1.54, 1.807) is 27.7 Å². The van der Waals surface area contributed by atoms with Gasteiger partial charge in [0.05, 0.1) is 18.8 Å². The number of ether oxygens (including phenoxy) is 4. The van der Waals surface area contributed by atoms with E-state index in [-0.39, 0.29) is 18.2 Å². The molecule has 0 radical (unpaired) electrons. The van der Waals surface area contributed by atoms with Crippen LogP contribution in [0.25, 0.3) is 0 Å². The summed E-state index contributed by atoms with van der Waals surface area (Å²) in [5.41, 5.74) is -0.801. The van der Waals surface area contributed by atoms with Crippen molar-refractivity contribution in [2.45, 2.75) is 96.8 Å². The SMILES string of the molecule is CC(C)OC(=O)C(C)NP(=O)(NC(C)C(=O)OC(C)C)Oc1ccc(COC(=O)Nc2ccn([C@@H]3O[C@H](CO)[C@@H](O)C3(F)F)c(=O)n2)cc1. The molecule has 1 aliphatic heterocycles. The predicted molar refractivity (Wildman–Crippen MR) is 167 cm³/mol. The van der Waals surface area contributed by atoms with Crippen molar-refractivity contribution < 1.29 is 61.4 Å². The van der Waals surface area contributed by atoms with Crippen molar-refractivity contribution in [1.29, 1.82) is 0 Å². The highest BCUT2D eigenvalue weighted by Crippen LogP contribution is 2.42. The van der Waals surface area contributed by atoms with Crippen LogP contribution in [-0.4, -0.2) is 86.8 Å². The molecule has 0 bridgehead atoms. The number of hydrogen-bond acceptors (Lipinski definition) is 13. The molecule has 3 rings (SSSR count). The van der Waals surface area contributed by atoms with Crippen molar-refractivity contribution in [3.05, 3.63) is 52.6 Å². The number of amides is 1. The Bertz CT molecular complexity index is 1540. The highest BCUT2D eigenvalue weighted by Gasteiger charge is 2.59. The van der Waals surface area contributed by atoms with Gasteiger partial charge in [0.2, 0.25) is 6.23 Å². The first-order valence-electron chi connectivity index (χ1n) is 15.1. The average Bonchev–Trinajstić information content (AvgIpc) is 3.23. The predicted octanol–water partition coefficient (Wildman–Crippen LogP) is 2.22. The lowest BCUT2D eigenvalue weighted by Gasteiger charge is -2.26. The zero-order valence-electron chi connectivity index (χ0n) is 27.5. The van der Waals surface area contributed by atoms with Gasteiger partial charge in [-0.3, -0.25) is 19.5 Å². The van der Waals surface area contributed by atoms with Gasteiger partial charge in [0, 0.05) is 6.20 Å². The lowest BCUT2D eigenvalue weighted by Crippen LogP contribution is -2.43. The Morgan fingerprint density at radius 2 is 1.55 bits per heavy atom. The summed E-state index contributed by atoms with van der Waals surface area (Å²) in [4.78, 5) is 53.0. The van der Waals surface area contributed by atoms with E-state index >= 15 is 0 Å². The number of halogens is 2. The normalized spacial score (nSPS) is 21.0. The van der Waals surface area contributed by atoms with E-state index in [4.69, 9.17) is 28.6 Å². The van der Waals surface area contributed by atoms with Crippen molar-refractivity contribution in [3.8, 4) is 5.75 Å². The highest BCUT2D eigenvalue weighted by atomic mass is 31.2. The highest BCUT2D eigenvalue weighted by molar-refractivity contribution is 7.55. The number of aliphatic hydroxyl groups is 2. The van der Waals surface area contributed by atoms with Gasteiger partial charge in [-0.1, -0.05) is 12.1 Å². The standard InChI is InChI=1S/C29H40F2N5O12P/c1-15(2)45-24(39)17(5)34-49(43,35-18(6)25(40)46-16(3)4)48-20-9-7-19(8-10-20)14-44-28(42)33-22-11-12-36(27(41)32-22)26-29(30,31)23(38)21(13-37)47-26/h7-12,15-18,21,23,26,37-38H,13-14H2,1-6H3,(H2,34,35,43)(H,32,33,41,42)/t17?,18?,21-,23-,26-,49?/m1/s1. The fraction of sp³-hybridized carbons (Fsp3) is 0.552. The Morgan fingerprint density at radius 1 is 1.00 bits per heavy atom. The van der Waals surface area contributed by atoms with Gasteiger partial charge in [0.15, 0.2) is 6.10 Å². The molecule has 5 atom stereocenters. The smallest absolute Gasteiger partial charge is 0.413 e. The lowest BCUT2D eigenvalue weighted by atomic mass is 10.1. The first-order valence-corrected chi connectivity index (χ1v) is 16.7. The number of nitrogens with zero attached hydrogens (tertiary/aromatic N) is 2. The van der Waals surface area contributed by atoms with Crippen LogP contribution in [0.2, 0.25) is 0 Å². The number of anilines is 1. The molecule has 1 amide bonds. The number of alkyl halides is 2. The summed E-state index contributed by atoms with van der Waals surface area (Å²) in [5, 5.41) is 26.1. The summed E-state index contributed by atoms with van der Waals surface area (Å²) < 4.78 is 69.0. The molecule has 0 saturated carbocycles. The Labute approximate surface area is 279 Å². The number of rotatable bonds is 15. The fourth-order valence-electron chi connectivity index (χ4n) is 4.24. The molecule has 0 spiro atoms. The number of aromatic nitrogens is 2. The van der Waals surface area contributed by atoms with Crippen molar-refractivity contribution in [3.63, 3.8) is 0 Å². The van der Waals surface area contributed by atoms with Crippen LogP contribution in [-0.2, 0) is 39.7 Å². The number of carbonyl (C=O) groups is 3. The van der Waals surface area contributed by atoms with Gasteiger partial charge >= 0.3 is 37.3 Å². The number of benzene rings is 1. The molecule has 2 aromatic rings. The zero-order chi connectivity index (χ0) is 36.7. The second-order valence-electron chi connectivity index (χ2n) is 11.5. The van der Waals surface area contributed by atoms with E-state index in [9.17, 15) is 37.6 Å². The molecular weight excluding hydrogens is 679 g/mol. The van der Waals surface area contributed by atoms with Crippen LogP contribution in [0.15, 0.2) is 41.3 Å². The summed E-state index contributed by atoms with van der Waals surface area (Å²) in [7, 11) is -4.17. The average molecular weight is 720 g/mol. The quantitative estimate of drug-likeness (QED) is 0.101. The van der Waals surface area contributed by atoms with Crippen LogP contribution in [0.3, 0.4) is 0 Å². The molecule has 5 N–H and O–H groups in total. The molecule has 1 aliphatic rings. The molecule has 1 aromatic heterocycles. The maximum Gasteiger partial charge on any atom is 0.413 e. The van der Waals surface area contributed by atoms with Gasteiger partial charge in [-0.05, 0) is 65.3 Å². The minimum atomic E-state index is -4.17. The molecule has 0 aliphatic carbocycles. The van der Waals surface area contributed by atoms with Crippen molar-refractivity contribution >= 4 is 31.5 Å². The number of nitrogens with one attached hydrogen (secondary N) is 3. The number of hydrogen-bond donors (Lipinski definition) is 5. The Morgan fingerprint density at radius 3 is 2.02 bits per heavy atom. The third-order valence-electron chi connectivity index (χ3n) is 6.54. The Balaban J connectivity index is 1.63. The molecule has 2 unspecified atom stereocenters. The summed E-state index contributed by atoms with van der Waals surface area (Å²) in [6.45, 7) is 8.20. The molecule has 272 valence electrons. The molecule has 2 heterocycles. The lowest BCUT2D eigenvalue weighted by molar-refractivity contribution is -0.149. The van der Waals surface area contributed by atoms with E-state index in [1.807, 2.05) is 0 Å². The number of aliphatic hydroxyl groups excluding tert-OH is 2. The van der Waals surface area contributed by atoms with Crippen LogP contribution >= 0.6 is 7.67 Å². The minimum Gasteiger partial charge on any atom is -0.462 e. The summed E-state index contributed by atoms with van der Waals surface area (Å²) >= 11 is 0. The molecule has 49 heavy (non-hydrogen) atoms. The maximum atomic E-state index is 14.4. The van der Waals surface area contributed by atoms with E-state index in [1.165, 1.54) is 38.1 Å². The van der Waals surface area contributed by atoms with Gasteiger partial charge < -0.3 is 33.7 Å². The van der Waals surface area contributed by atoms with Crippen LogP contribution in [0.1, 0.15) is 53.3 Å². The van der Waals surface area contributed by atoms with Crippen LogP contribution in [0.4, 0.5) is 19.4 Å². The molecule has 1 saturated heterocycles. The Hall–Kier alpha value is -4.00. The molecule has 1 aromatic carbocycles. The fourth-order valence-corrected chi connectivity index (χ4v) is 6.07. The van der Waals surface area contributed by atoms with E-state index in [0.717, 1.165) is 12.3 Å². The number of carbonyl (C=O) groups excluding carboxylic acids is 3. The molecule has 17 nitrogen and oxygen atoms in total. The van der Waals surface area contributed by atoms with Crippen LogP contribution in [0.5, 0.6) is 5.75 Å². The van der Waals surface area contributed by atoms with Gasteiger partial charge in [0.1, 0.15) is 36.4 Å². The summed E-state index contributed by atoms with van der Waals surface area (Å²) in [6.07, 6.45) is -7.26. The van der Waals surface area contributed by atoms with Crippen molar-refractivity contribution in [2.75, 3.05) is 11.9 Å². The topological polar surface area (TPSA) is 226 Å². The molecular formula is C29H40F2N5O12P. The summed E-state index contributed by atoms with van der Waals surface area (Å²) in [6, 6.07) is 4.53. The zero-order valence-corrected chi connectivity index (χ0v) is 28.4. The van der Waals surface area contributed by atoms with Gasteiger partial charge in [0.25, 0.3) is 0 Å². The number of esters is 2. The van der Waals surface area contributed by atoms with Gasteiger partial charge in [-0.25, -0.2) is 24.3 Å². The first-order chi connectivity index (χ1) is 22.8. The van der Waals surface area contributed by atoms with Crippen molar-refractivity contribution in [1.82, 2.24) is 19.7 Å². The third-order valence-corrected chi connectivity index (χ3v) is 8.46.